The van der Waals surface area contributed by atoms with Gasteiger partial charge in [-0.1, -0.05) is 24.3 Å². The van der Waals surface area contributed by atoms with Crippen molar-refractivity contribution in [2.45, 2.75) is 25.7 Å². The number of benzene rings is 2. The number of hydrogen-bond donors (Lipinski definition) is 0. The van der Waals surface area contributed by atoms with Crippen molar-refractivity contribution < 1.29 is 23.9 Å². The molecule has 1 aliphatic rings. The van der Waals surface area contributed by atoms with E-state index in [2.05, 4.69) is 0 Å². The Balaban J connectivity index is 1.45. The van der Waals surface area contributed by atoms with E-state index in [0.29, 0.717) is 50.3 Å². The van der Waals surface area contributed by atoms with Gasteiger partial charge < -0.3 is 14.4 Å². The van der Waals surface area contributed by atoms with Gasteiger partial charge in [0.1, 0.15) is 11.5 Å². The highest BCUT2D eigenvalue weighted by molar-refractivity contribution is 6.08. The molecular formula is C24H27NO5. The van der Waals surface area contributed by atoms with E-state index in [4.69, 9.17) is 9.47 Å². The van der Waals surface area contributed by atoms with Crippen molar-refractivity contribution >= 4 is 17.5 Å². The molecule has 1 heterocycles. The van der Waals surface area contributed by atoms with Crippen LogP contribution in [-0.2, 0) is 16.0 Å². The number of hydrogen-bond acceptors (Lipinski definition) is 5. The average Bonchev–Trinajstić information content (AvgIpc) is 2.79. The van der Waals surface area contributed by atoms with Crippen LogP contribution in [0.3, 0.4) is 0 Å². The highest BCUT2D eigenvalue weighted by Gasteiger charge is 2.19. The van der Waals surface area contributed by atoms with Gasteiger partial charge in [-0.25, -0.2) is 0 Å². The second kappa shape index (κ2) is 10.7. The van der Waals surface area contributed by atoms with E-state index in [9.17, 15) is 14.4 Å². The smallest absolute Gasteiger partial charge is 0.254 e. The lowest BCUT2D eigenvalue weighted by Gasteiger charge is -2.26. The van der Waals surface area contributed by atoms with Gasteiger partial charge in [0, 0.05) is 30.6 Å². The Hall–Kier alpha value is -2.99. The first-order valence-electron chi connectivity index (χ1n) is 10.2. The molecule has 0 unspecified atom stereocenters. The van der Waals surface area contributed by atoms with E-state index in [-0.39, 0.29) is 23.9 Å². The van der Waals surface area contributed by atoms with Crippen LogP contribution in [0.5, 0.6) is 5.75 Å². The lowest BCUT2D eigenvalue weighted by molar-refractivity contribution is -0.118. The molecule has 30 heavy (non-hydrogen) atoms. The number of amides is 1. The van der Waals surface area contributed by atoms with E-state index in [1.165, 1.54) is 0 Å². The molecule has 0 aliphatic carbocycles. The number of nitrogens with zero attached hydrogens (tertiary/aromatic N) is 1. The summed E-state index contributed by atoms with van der Waals surface area (Å²) in [6, 6.07) is 14.3. The molecule has 0 radical (unpaired) electrons. The van der Waals surface area contributed by atoms with Gasteiger partial charge in [0.25, 0.3) is 5.91 Å². The third-order valence-corrected chi connectivity index (χ3v) is 5.19. The van der Waals surface area contributed by atoms with E-state index >= 15 is 0 Å². The molecule has 0 bridgehead atoms. The van der Waals surface area contributed by atoms with Crippen molar-refractivity contribution in [2.75, 3.05) is 33.4 Å². The Labute approximate surface area is 176 Å². The number of rotatable bonds is 9. The fourth-order valence-electron chi connectivity index (χ4n) is 3.40. The number of ketones is 2. The van der Waals surface area contributed by atoms with E-state index in [1.54, 1.807) is 36.3 Å². The van der Waals surface area contributed by atoms with E-state index < -0.39 is 0 Å². The van der Waals surface area contributed by atoms with Gasteiger partial charge in [0.15, 0.2) is 5.78 Å². The molecule has 1 saturated heterocycles. The van der Waals surface area contributed by atoms with Crippen LogP contribution in [0, 0.1) is 0 Å². The summed E-state index contributed by atoms with van der Waals surface area (Å²) in [5.74, 6) is 0.460. The fraction of sp³-hybridized carbons (Fsp3) is 0.375. The predicted octanol–water partition coefficient (Wildman–Crippen LogP) is 3.33. The number of carbonyl (C=O) groups is 3. The SMILES string of the molecule is COc1ccc(CCCC(=O)CC(=O)c2ccc(C(=O)N3CCOCC3)cc2)cc1. The van der Waals surface area contributed by atoms with Crippen molar-refractivity contribution in [2.24, 2.45) is 0 Å². The fourth-order valence-corrected chi connectivity index (χ4v) is 3.40. The normalized spacial score (nSPS) is 13.7. The molecule has 2 aromatic rings. The van der Waals surface area contributed by atoms with Crippen molar-refractivity contribution in [3.8, 4) is 5.75 Å². The zero-order valence-electron chi connectivity index (χ0n) is 17.3. The van der Waals surface area contributed by atoms with Crippen LogP contribution < -0.4 is 4.74 Å². The summed E-state index contributed by atoms with van der Waals surface area (Å²) in [5.41, 5.74) is 2.13. The average molecular weight is 409 g/mol. The first kappa shape index (κ1) is 21.7. The van der Waals surface area contributed by atoms with Gasteiger partial charge in [0.2, 0.25) is 0 Å². The second-order valence-corrected chi connectivity index (χ2v) is 7.32. The molecule has 0 N–H and O–H groups in total. The molecule has 6 nitrogen and oxygen atoms in total. The minimum atomic E-state index is -0.213. The minimum absolute atomic E-state index is 0.0630. The standard InChI is InChI=1S/C24H27NO5/c1-29-22-11-5-18(6-12-22)3-2-4-21(26)17-23(27)19-7-9-20(10-8-19)24(28)25-13-15-30-16-14-25/h5-12H,2-4,13-17H2,1H3. The molecular weight excluding hydrogens is 382 g/mol. The molecule has 0 atom stereocenters. The van der Waals surface area contributed by atoms with Crippen molar-refractivity contribution in [3.63, 3.8) is 0 Å². The summed E-state index contributed by atoms with van der Waals surface area (Å²) in [4.78, 5) is 38.8. The zero-order chi connectivity index (χ0) is 21.3. The Morgan fingerprint density at radius 2 is 1.57 bits per heavy atom. The van der Waals surface area contributed by atoms with Gasteiger partial charge in [-0.3, -0.25) is 14.4 Å². The van der Waals surface area contributed by atoms with Gasteiger partial charge in [0.05, 0.1) is 26.7 Å². The highest BCUT2D eigenvalue weighted by atomic mass is 16.5. The van der Waals surface area contributed by atoms with Gasteiger partial charge in [-0.2, -0.15) is 0 Å². The van der Waals surface area contributed by atoms with Crippen molar-refractivity contribution in [1.82, 2.24) is 4.90 Å². The molecule has 0 saturated carbocycles. The lowest BCUT2D eigenvalue weighted by atomic mass is 10.0. The molecule has 158 valence electrons. The molecule has 3 rings (SSSR count). The summed E-state index contributed by atoms with van der Waals surface area (Å²) in [6.07, 6.45) is 1.73. The van der Waals surface area contributed by atoms with Crippen LogP contribution in [0.1, 0.15) is 45.5 Å². The van der Waals surface area contributed by atoms with Gasteiger partial charge in [-0.15, -0.1) is 0 Å². The van der Waals surface area contributed by atoms with Crippen molar-refractivity contribution in [3.05, 3.63) is 65.2 Å². The van der Waals surface area contributed by atoms with Crippen LogP contribution in [0.4, 0.5) is 0 Å². The minimum Gasteiger partial charge on any atom is -0.497 e. The Morgan fingerprint density at radius 3 is 2.20 bits per heavy atom. The van der Waals surface area contributed by atoms with Gasteiger partial charge in [-0.05, 0) is 42.7 Å². The Kier molecular flexibility index (Phi) is 7.74. The molecule has 0 aromatic heterocycles. The predicted molar refractivity (Wildman–Crippen MR) is 113 cm³/mol. The summed E-state index contributed by atoms with van der Waals surface area (Å²) < 4.78 is 10.4. The van der Waals surface area contributed by atoms with Crippen LogP contribution in [0.2, 0.25) is 0 Å². The maximum Gasteiger partial charge on any atom is 0.254 e. The van der Waals surface area contributed by atoms with Crippen LogP contribution in [0.15, 0.2) is 48.5 Å². The quantitative estimate of drug-likeness (QED) is 0.469. The molecule has 1 amide bonds. The van der Waals surface area contributed by atoms with Crippen LogP contribution in [0.25, 0.3) is 0 Å². The monoisotopic (exact) mass is 409 g/mol. The number of Topliss-reactive ketones (excluding diaryl/α,β-unsaturated/α-hetero) is 2. The summed E-state index contributed by atoms with van der Waals surface area (Å²) >= 11 is 0. The summed E-state index contributed by atoms with van der Waals surface area (Å²) in [7, 11) is 1.63. The molecule has 1 aliphatic heterocycles. The maximum absolute atomic E-state index is 12.5. The second-order valence-electron chi connectivity index (χ2n) is 7.32. The van der Waals surface area contributed by atoms with Crippen LogP contribution in [-0.4, -0.2) is 55.8 Å². The number of ether oxygens (including phenoxy) is 2. The number of carbonyl (C=O) groups excluding carboxylic acids is 3. The van der Waals surface area contributed by atoms with E-state index in [1.807, 2.05) is 24.3 Å². The first-order valence-corrected chi connectivity index (χ1v) is 10.2. The first-order chi connectivity index (χ1) is 14.6. The lowest BCUT2D eigenvalue weighted by Crippen LogP contribution is -2.40. The maximum atomic E-state index is 12.5. The molecule has 1 fully saturated rings. The molecule has 6 heteroatoms. The van der Waals surface area contributed by atoms with Crippen molar-refractivity contribution in [1.29, 1.82) is 0 Å². The summed E-state index contributed by atoms with van der Waals surface area (Å²) in [6.45, 7) is 2.24. The third kappa shape index (κ3) is 6.00. The largest absolute Gasteiger partial charge is 0.497 e. The number of aryl methyl sites for hydroxylation is 1. The van der Waals surface area contributed by atoms with Gasteiger partial charge >= 0.3 is 0 Å². The molecule has 2 aromatic carbocycles. The zero-order valence-corrected chi connectivity index (χ0v) is 17.3. The molecule has 0 spiro atoms. The Bertz CT molecular complexity index is 867. The third-order valence-electron chi connectivity index (χ3n) is 5.19. The van der Waals surface area contributed by atoms with Crippen LogP contribution >= 0.6 is 0 Å². The van der Waals surface area contributed by atoms with E-state index in [0.717, 1.165) is 17.7 Å². The topological polar surface area (TPSA) is 72.9 Å². The number of methoxy groups -OCH3 is 1. The Morgan fingerprint density at radius 1 is 0.933 bits per heavy atom. The highest BCUT2D eigenvalue weighted by Crippen LogP contribution is 2.15. The summed E-state index contributed by atoms with van der Waals surface area (Å²) in [5, 5.41) is 0. The number of morpholine rings is 1.